The van der Waals surface area contributed by atoms with E-state index in [0.717, 1.165) is 57.6 Å². The number of aliphatic imine (C=N–C) groups is 1. The first-order valence-electron chi connectivity index (χ1n) is 9.55. The summed E-state index contributed by atoms with van der Waals surface area (Å²) in [6.45, 7) is 4.24. The molecule has 5 heteroatoms. The summed E-state index contributed by atoms with van der Waals surface area (Å²) in [4.78, 5) is 4.30. The van der Waals surface area contributed by atoms with Crippen molar-refractivity contribution in [3.8, 4) is 0 Å². The van der Waals surface area contributed by atoms with Crippen molar-refractivity contribution in [1.29, 1.82) is 0 Å². The maximum absolute atomic E-state index is 5.68. The average Bonchev–Trinajstić information content (AvgIpc) is 3.25. The van der Waals surface area contributed by atoms with E-state index in [1.807, 2.05) is 7.05 Å². The molecule has 1 aliphatic heterocycles. The van der Waals surface area contributed by atoms with Gasteiger partial charge < -0.3 is 20.1 Å². The SMILES string of the molecule is CN=C(NCCCOCC1CCCO1)NCC1CC1c1ccccc1. The minimum Gasteiger partial charge on any atom is -0.379 e. The van der Waals surface area contributed by atoms with Crippen molar-refractivity contribution in [2.45, 2.75) is 37.7 Å². The third-order valence-corrected chi connectivity index (χ3v) is 4.99. The topological polar surface area (TPSA) is 54.9 Å². The summed E-state index contributed by atoms with van der Waals surface area (Å²) in [5.41, 5.74) is 1.46. The van der Waals surface area contributed by atoms with Crippen molar-refractivity contribution in [3.63, 3.8) is 0 Å². The minimum atomic E-state index is 0.318. The molecule has 1 aromatic carbocycles. The number of guanidine groups is 1. The van der Waals surface area contributed by atoms with Crippen LogP contribution in [0.4, 0.5) is 0 Å². The van der Waals surface area contributed by atoms with Gasteiger partial charge in [0.15, 0.2) is 5.96 Å². The summed E-state index contributed by atoms with van der Waals surface area (Å²) < 4.78 is 11.2. The van der Waals surface area contributed by atoms with E-state index >= 15 is 0 Å². The molecule has 0 radical (unpaired) electrons. The molecular weight excluding hydrogens is 314 g/mol. The summed E-state index contributed by atoms with van der Waals surface area (Å²) in [7, 11) is 1.82. The van der Waals surface area contributed by atoms with Gasteiger partial charge in [-0.1, -0.05) is 30.3 Å². The zero-order valence-corrected chi connectivity index (χ0v) is 15.2. The molecule has 0 amide bonds. The van der Waals surface area contributed by atoms with Gasteiger partial charge in [-0.15, -0.1) is 0 Å². The Morgan fingerprint density at radius 2 is 2.16 bits per heavy atom. The van der Waals surface area contributed by atoms with Gasteiger partial charge in [0.25, 0.3) is 0 Å². The third-order valence-electron chi connectivity index (χ3n) is 4.99. The van der Waals surface area contributed by atoms with Gasteiger partial charge in [-0.2, -0.15) is 0 Å². The van der Waals surface area contributed by atoms with Crippen molar-refractivity contribution >= 4 is 5.96 Å². The molecule has 0 aromatic heterocycles. The molecule has 1 saturated carbocycles. The minimum absolute atomic E-state index is 0.318. The van der Waals surface area contributed by atoms with Gasteiger partial charge in [0.2, 0.25) is 0 Å². The van der Waals surface area contributed by atoms with Gasteiger partial charge in [-0.3, -0.25) is 4.99 Å². The number of ether oxygens (including phenoxy) is 2. The van der Waals surface area contributed by atoms with Crippen molar-refractivity contribution < 1.29 is 9.47 Å². The van der Waals surface area contributed by atoms with Crippen LogP contribution in [0.3, 0.4) is 0 Å². The predicted molar refractivity (Wildman–Crippen MR) is 101 cm³/mol. The van der Waals surface area contributed by atoms with Crippen molar-refractivity contribution in [1.82, 2.24) is 10.6 Å². The summed E-state index contributed by atoms with van der Waals surface area (Å²) in [6, 6.07) is 10.8. The van der Waals surface area contributed by atoms with Crippen LogP contribution < -0.4 is 10.6 Å². The quantitative estimate of drug-likeness (QED) is 0.410. The second-order valence-corrected chi connectivity index (χ2v) is 6.96. The molecule has 3 atom stereocenters. The number of nitrogens with one attached hydrogen (secondary N) is 2. The van der Waals surface area contributed by atoms with Crippen LogP contribution in [-0.2, 0) is 9.47 Å². The van der Waals surface area contributed by atoms with Crippen molar-refractivity contribution in [2.75, 3.05) is 40.0 Å². The zero-order valence-electron chi connectivity index (χ0n) is 15.2. The van der Waals surface area contributed by atoms with Crippen LogP contribution in [0.15, 0.2) is 35.3 Å². The Morgan fingerprint density at radius 3 is 2.92 bits per heavy atom. The highest BCUT2D eigenvalue weighted by atomic mass is 16.5. The van der Waals surface area contributed by atoms with Crippen molar-refractivity contribution in [3.05, 3.63) is 35.9 Å². The van der Waals surface area contributed by atoms with Gasteiger partial charge >= 0.3 is 0 Å². The fraction of sp³-hybridized carbons (Fsp3) is 0.650. The van der Waals surface area contributed by atoms with E-state index in [1.54, 1.807) is 0 Å². The Bertz CT molecular complexity index is 529. The standard InChI is InChI=1S/C20H31N3O2/c1-21-20(22-10-6-11-24-15-18-9-5-12-25-18)23-14-17-13-19(17)16-7-3-2-4-8-16/h2-4,7-8,17-19H,5-6,9-15H2,1H3,(H2,21,22,23). The lowest BCUT2D eigenvalue weighted by molar-refractivity contribution is 0.0168. The van der Waals surface area contributed by atoms with Gasteiger partial charge in [0.05, 0.1) is 12.7 Å². The van der Waals surface area contributed by atoms with Crippen molar-refractivity contribution in [2.24, 2.45) is 10.9 Å². The lowest BCUT2D eigenvalue weighted by Crippen LogP contribution is -2.39. The molecule has 0 bridgehead atoms. The van der Waals surface area contributed by atoms with Crippen LogP contribution in [-0.4, -0.2) is 52.0 Å². The van der Waals surface area contributed by atoms with Gasteiger partial charge in [0, 0.05) is 33.4 Å². The van der Waals surface area contributed by atoms with Crippen LogP contribution in [0.2, 0.25) is 0 Å². The molecule has 2 fully saturated rings. The molecule has 2 aliphatic rings. The highest BCUT2D eigenvalue weighted by Gasteiger charge is 2.37. The molecule has 1 aliphatic carbocycles. The van der Waals surface area contributed by atoms with Crippen LogP contribution in [0.25, 0.3) is 0 Å². The molecule has 138 valence electrons. The first kappa shape index (κ1) is 18.2. The monoisotopic (exact) mass is 345 g/mol. The van der Waals surface area contributed by atoms with Crippen LogP contribution in [0.5, 0.6) is 0 Å². The van der Waals surface area contributed by atoms with E-state index in [0.29, 0.717) is 12.0 Å². The molecular formula is C20H31N3O2. The molecule has 1 aromatic rings. The molecule has 3 rings (SSSR count). The molecule has 2 N–H and O–H groups in total. The van der Waals surface area contributed by atoms with Gasteiger partial charge in [-0.05, 0) is 43.1 Å². The van der Waals surface area contributed by atoms with E-state index in [4.69, 9.17) is 9.47 Å². The van der Waals surface area contributed by atoms with Crippen LogP contribution in [0.1, 0.15) is 37.2 Å². The van der Waals surface area contributed by atoms with E-state index in [-0.39, 0.29) is 0 Å². The van der Waals surface area contributed by atoms with E-state index < -0.39 is 0 Å². The van der Waals surface area contributed by atoms with E-state index in [1.165, 1.54) is 18.4 Å². The summed E-state index contributed by atoms with van der Waals surface area (Å²) >= 11 is 0. The number of nitrogens with zero attached hydrogens (tertiary/aromatic N) is 1. The molecule has 25 heavy (non-hydrogen) atoms. The predicted octanol–water partition coefficient (Wildman–Crippen LogP) is 2.54. The van der Waals surface area contributed by atoms with Gasteiger partial charge in [-0.25, -0.2) is 0 Å². The molecule has 0 spiro atoms. The molecule has 3 unspecified atom stereocenters. The molecule has 1 heterocycles. The van der Waals surface area contributed by atoms with E-state index in [2.05, 4.69) is 46.0 Å². The Hall–Kier alpha value is -1.59. The maximum atomic E-state index is 5.68. The Morgan fingerprint density at radius 1 is 1.28 bits per heavy atom. The molecule has 1 saturated heterocycles. The zero-order chi connectivity index (χ0) is 17.3. The largest absolute Gasteiger partial charge is 0.379 e. The fourth-order valence-corrected chi connectivity index (χ4v) is 3.40. The summed E-state index contributed by atoms with van der Waals surface area (Å²) in [5.74, 6) is 2.31. The maximum Gasteiger partial charge on any atom is 0.190 e. The average molecular weight is 345 g/mol. The van der Waals surface area contributed by atoms with Crippen LogP contribution in [0, 0.1) is 5.92 Å². The Balaban J connectivity index is 1.23. The lowest BCUT2D eigenvalue weighted by atomic mass is 10.1. The van der Waals surface area contributed by atoms with E-state index in [9.17, 15) is 0 Å². The second kappa shape index (κ2) is 9.78. The summed E-state index contributed by atoms with van der Waals surface area (Å²) in [6.07, 6.45) is 4.87. The number of rotatable bonds is 9. The Labute approximate surface area is 151 Å². The Kier molecular flexibility index (Phi) is 7.12. The smallest absolute Gasteiger partial charge is 0.190 e. The number of hydrogen-bond donors (Lipinski definition) is 2. The second-order valence-electron chi connectivity index (χ2n) is 6.96. The normalized spacial score (nSPS) is 25.8. The number of benzene rings is 1. The highest BCUT2D eigenvalue weighted by molar-refractivity contribution is 5.79. The molecule has 5 nitrogen and oxygen atoms in total. The van der Waals surface area contributed by atoms with Crippen LogP contribution >= 0.6 is 0 Å². The first-order valence-corrected chi connectivity index (χ1v) is 9.55. The third kappa shape index (κ3) is 6.01. The number of hydrogen-bond acceptors (Lipinski definition) is 3. The fourth-order valence-electron chi connectivity index (χ4n) is 3.40. The summed E-state index contributed by atoms with van der Waals surface area (Å²) in [5, 5.41) is 6.81. The van der Waals surface area contributed by atoms with Gasteiger partial charge in [0.1, 0.15) is 0 Å². The highest BCUT2D eigenvalue weighted by Crippen LogP contribution is 2.46. The first-order chi connectivity index (χ1) is 12.4. The lowest BCUT2D eigenvalue weighted by Gasteiger charge is -2.13.